The molecule has 1 atom stereocenters. The van der Waals surface area contributed by atoms with Crippen LogP contribution in [0.3, 0.4) is 0 Å². The monoisotopic (exact) mass is 449 g/mol. The van der Waals surface area contributed by atoms with Gasteiger partial charge in [-0.25, -0.2) is 13.8 Å². The summed E-state index contributed by atoms with van der Waals surface area (Å²) in [5.74, 6) is -1.12. The first-order valence-electron chi connectivity index (χ1n) is 10.8. The molecule has 0 radical (unpaired) electrons. The summed E-state index contributed by atoms with van der Waals surface area (Å²) in [6.45, 7) is -0.0493. The average molecular weight is 449 g/mol. The molecule has 33 heavy (non-hydrogen) atoms. The van der Waals surface area contributed by atoms with Gasteiger partial charge in [0.1, 0.15) is 24.4 Å². The minimum atomic E-state index is -0.714. The van der Waals surface area contributed by atoms with Crippen molar-refractivity contribution in [1.29, 1.82) is 0 Å². The van der Waals surface area contributed by atoms with Crippen molar-refractivity contribution in [3.63, 3.8) is 0 Å². The van der Waals surface area contributed by atoms with Gasteiger partial charge in [-0.2, -0.15) is 0 Å². The lowest BCUT2D eigenvalue weighted by atomic mass is 9.77. The standard InChI is InChI=1S/C25H21F2N3O3/c26-17-7-2-6-16(12-17)23(15-4-1-5-15)29-24(31)19-13-30(14-21-28-10-11-33-21)25(32)22-18(19)8-3-9-20(22)27/h2-3,6-13,15,23H,1,4-5,14H2,(H,29,31)/t23-/m0/s1. The lowest BCUT2D eigenvalue weighted by Gasteiger charge is -2.34. The van der Waals surface area contributed by atoms with Crippen LogP contribution in [-0.2, 0) is 6.54 Å². The van der Waals surface area contributed by atoms with Crippen molar-refractivity contribution >= 4 is 16.7 Å². The molecule has 0 saturated heterocycles. The van der Waals surface area contributed by atoms with Crippen molar-refractivity contribution in [3.05, 3.63) is 100 Å². The molecule has 1 aliphatic rings. The number of carbonyl (C=O) groups excluding carboxylic acids is 1. The predicted molar refractivity (Wildman–Crippen MR) is 118 cm³/mol. The van der Waals surface area contributed by atoms with Crippen molar-refractivity contribution in [2.24, 2.45) is 5.92 Å². The van der Waals surface area contributed by atoms with E-state index in [1.807, 2.05) is 0 Å². The van der Waals surface area contributed by atoms with Gasteiger partial charge < -0.3 is 14.3 Å². The minimum absolute atomic E-state index is 0.0493. The summed E-state index contributed by atoms with van der Waals surface area (Å²) in [6.07, 6.45) is 7.09. The molecule has 2 heterocycles. The van der Waals surface area contributed by atoms with Gasteiger partial charge >= 0.3 is 0 Å². The number of benzene rings is 2. The predicted octanol–water partition coefficient (Wildman–Crippen LogP) is 4.59. The first-order valence-corrected chi connectivity index (χ1v) is 10.8. The van der Waals surface area contributed by atoms with Gasteiger partial charge in [0.05, 0.1) is 23.2 Å². The lowest BCUT2D eigenvalue weighted by Crippen LogP contribution is -2.37. The molecule has 1 N–H and O–H groups in total. The van der Waals surface area contributed by atoms with Gasteiger partial charge in [0, 0.05) is 11.6 Å². The number of aromatic nitrogens is 2. The number of hydrogen-bond donors (Lipinski definition) is 1. The van der Waals surface area contributed by atoms with Gasteiger partial charge in [-0.3, -0.25) is 9.59 Å². The zero-order chi connectivity index (χ0) is 22.9. The van der Waals surface area contributed by atoms with Crippen molar-refractivity contribution < 1.29 is 18.0 Å². The van der Waals surface area contributed by atoms with Crippen molar-refractivity contribution in [2.75, 3.05) is 0 Å². The van der Waals surface area contributed by atoms with Gasteiger partial charge in [0.15, 0.2) is 0 Å². The number of carbonyl (C=O) groups is 1. The Morgan fingerprint density at radius 2 is 2.03 bits per heavy atom. The van der Waals surface area contributed by atoms with Gasteiger partial charge in [0.25, 0.3) is 11.5 Å². The summed E-state index contributed by atoms with van der Waals surface area (Å²) in [6, 6.07) is 9.98. The number of rotatable bonds is 6. The van der Waals surface area contributed by atoms with Crippen LogP contribution >= 0.6 is 0 Å². The van der Waals surface area contributed by atoms with Gasteiger partial charge in [-0.05, 0) is 42.5 Å². The second-order valence-corrected chi connectivity index (χ2v) is 8.26. The fraction of sp³-hybridized carbons (Fsp3) is 0.240. The quantitative estimate of drug-likeness (QED) is 0.467. The maximum atomic E-state index is 14.7. The summed E-state index contributed by atoms with van der Waals surface area (Å²) >= 11 is 0. The molecule has 1 saturated carbocycles. The number of oxazole rings is 1. The molecule has 0 spiro atoms. The molecule has 5 rings (SSSR count). The molecule has 4 aromatic rings. The fourth-order valence-corrected chi connectivity index (χ4v) is 4.33. The molecule has 8 heteroatoms. The number of nitrogens with one attached hydrogen (secondary N) is 1. The number of pyridine rings is 1. The van der Waals surface area contributed by atoms with Crippen LogP contribution in [0, 0.1) is 17.6 Å². The highest BCUT2D eigenvalue weighted by Crippen LogP contribution is 2.38. The van der Waals surface area contributed by atoms with E-state index in [0.29, 0.717) is 5.56 Å². The third-order valence-corrected chi connectivity index (χ3v) is 6.21. The van der Waals surface area contributed by atoms with Crippen LogP contribution in [0.5, 0.6) is 0 Å². The molecule has 2 aromatic heterocycles. The van der Waals surface area contributed by atoms with E-state index in [2.05, 4.69) is 10.3 Å². The van der Waals surface area contributed by atoms with E-state index in [1.165, 1.54) is 47.5 Å². The molecule has 6 nitrogen and oxygen atoms in total. The second kappa shape index (κ2) is 8.61. The first kappa shape index (κ1) is 21.1. The SMILES string of the molecule is O=C(N[C@H](c1cccc(F)c1)C1CCC1)c1cn(Cc2ncco2)c(=O)c2c(F)cccc12. The van der Waals surface area contributed by atoms with Gasteiger partial charge in [-0.15, -0.1) is 0 Å². The molecule has 1 amide bonds. The summed E-state index contributed by atoms with van der Waals surface area (Å²) in [7, 11) is 0. The summed E-state index contributed by atoms with van der Waals surface area (Å²) in [5.41, 5.74) is 0.242. The molecular formula is C25H21F2N3O3. The number of halogens is 2. The van der Waals surface area contributed by atoms with Crippen LogP contribution in [0.15, 0.2) is 70.3 Å². The highest BCUT2D eigenvalue weighted by molar-refractivity contribution is 6.06. The minimum Gasteiger partial charge on any atom is -0.447 e. The normalized spacial score (nSPS) is 14.7. The van der Waals surface area contributed by atoms with E-state index in [-0.39, 0.29) is 40.5 Å². The number of amides is 1. The molecule has 2 aromatic carbocycles. The first-order chi connectivity index (χ1) is 16.0. The zero-order valence-corrected chi connectivity index (χ0v) is 17.6. The van der Waals surface area contributed by atoms with E-state index in [9.17, 15) is 18.4 Å². The highest BCUT2D eigenvalue weighted by atomic mass is 19.1. The van der Waals surface area contributed by atoms with Crippen molar-refractivity contribution in [1.82, 2.24) is 14.9 Å². The fourth-order valence-electron chi connectivity index (χ4n) is 4.33. The van der Waals surface area contributed by atoms with E-state index >= 15 is 0 Å². The maximum absolute atomic E-state index is 14.7. The highest BCUT2D eigenvalue weighted by Gasteiger charge is 2.31. The molecule has 168 valence electrons. The maximum Gasteiger partial charge on any atom is 0.261 e. The van der Waals surface area contributed by atoms with Crippen molar-refractivity contribution in [3.8, 4) is 0 Å². The zero-order valence-electron chi connectivity index (χ0n) is 17.6. The Balaban J connectivity index is 1.57. The summed E-state index contributed by atoms with van der Waals surface area (Å²) in [5, 5.41) is 3.05. The van der Waals surface area contributed by atoms with E-state index < -0.39 is 23.3 Å². The summed E-state index contributed by atoms with van der Waals surface area (Å²) in [4.78, 5) is 30.5. The molecule has 0 unspecified atom stereocenters. The smallest absolute Gasteiger partial charge is 0.261 e. The molecule has 0 bridgehead atoms. The molecule has 1 fully saturated rings. The van der Waals surface area contributed by atoms with Crippen LogP contribution in [0.25, 0.3) is 10.8 Å². The van der Waals surface area contributed by atoms with Crippen LogP contribution in [-0.4, -0.2) is 15.5 Å². The Bertz CT molecular complexity index is 1380. The lowest BCUT2D eigenvalue weighted by molar-refractivity contribution is 0.0901. The Morgan fingerprint density at radius 3 is 2.73 bits per heavy atom. The van der Waals surface area contributed by atoms with Gasteiger partial charge in [-0.1, -0.05) is 30.7 Å². The third kappa shape index (κ3) is 4.04. The molecule has 1 aliphatic carbocycles. The Morgan fingerprint density at radius 1 is 1.21 bits per heavy atom. The molecular weight excluding hydrogens is 428 g/mol. The summed E-state index contributed by atoms with van der Waals surface area (Å²) < 4.78 is 35.0. The second-order valence-electron chi connectivity index (χ2n) is 8.26. The third-order valence-electron chi connectivity index (χ3n) is 6.21. The van der Waals surface area contributed by atoms with Crippen LogP contribution < -0.4 is 10.9 Å². The average Bonchev–Trinajstić information content (AvgIpc) is 3.27. The Labute approximate surface area is 187 Å². The number of hydrogen-bond acceptors (Lipinski definition) is 4. The topological polar surface area (TPSA) is 77.1 Å². The number of fused-ring (bicyclic) bond motifs is 1. The molecule has 0 aliphatic heterocycles. The van der Waals surface area contributed by atoms with E-state index in [4.69, 9.17) is 4.42 Å². The van der Waals surface area contributed by atoms with E-state index in [1.54, 1.807) is 18.2 Å². The van der Waals surface area contributed by atoms with E-state index in [0.717, 1.165) is 19.3 Å². The Hall–Kier alpha value is -3.81. The Kier molecular flexibility index (Phi) is 5.50. The van der Waals surface area contributed by atoms with Crippen LogP contribution in [0.4, 0.5) is 8.78 Å². The van der Waals surface area contributed by atoms with Gasteiger partial charge in [0.2, 0.25) is 5.89 Å². The van der Waals surface area contributed by atoms with Crippen LogP contribution in [0.2, 0.25) is 0 Å². The van der Waals surface area contributed by atoms with Crippen molar-refractivity contribution in [2.45, 2.75) is 31.8 Å². The largest absolute Gasteiger partial charge is 0.447 e. The number of nitrogens with zero attached hydrogens (tertiary/aromatic N) is 2. The van der Waals surface area contributed by atoms with Crippen LogP contribution in [0.1, 0.15) is 47.1 Å².